The number of benzene rings is 3. The van der Waals surface area contributed by atoms with Gasteiger partial charge in [-0.15, -0.1) is 0 Å². The van der Waals surface area contributed by atoms with E-state index in [0.717, 1.165) is 5.56 Å². The second kappa shape index (κ2) is 9.15. The standard InChI is InChI=1S/C22H20ClNO4/c1-26-20-12-7-15(22(25)24-19-5-3-4-6-21(19)27-2)13-16(20)14-28-18-10-8-17(23)9-11-18/h3-13H,14H2,1-2H3,(H,24,25). The summed E-state index contributed by atoms with van der Waals surface area (Å²) in [6.07, 6.45) is 0. The first-order valence-corrected chi connectivity index (χ1v) is 8.98. The maximum atomic E-state index is 12.7. The van der Waals surface area contributed by atoms with E-state index < -0.39 is 0 Å². The summed E-state index contributed by atoms with van der Waals surface area (Å²) in [5, 5.41) is 3.50. The maximum Gasteiger partial charge on any atom is 0.255 e. The van der Waals surface area contributed by atoms with Gasteiger partial charge in [0.15, 0.2) is 0 Å². The van der Waals surface area contributed by atoms with Crippen molar-refractivity contribution < 1.29 is 19.0 Å². The third-order valence-electron chi connectivity index (χ3n) is 4.11. The highest BCUT2D eigenvalue weighted by atomic mass is 35.5. The Morgan fingerprint density at radius 3 is 2.36 bits per heavy atom. The lowest BCUT2D eigenvalue weighted by Gasteiger charge is -2.13. The van der Waals surface area contributed by atoms with E-state index in [4.69, 9.17) is 25.8 Å². The Balaban J connectivity index is 1.77. The van der Waals surface area contributed by atoms with Crippen LogP contribution in [0.25, 0.3) is 0 Å². The van der Waals surface area contributed by atoms with Crippen molar-refractivity contribution in [3.8, 4) is 17.2 Å². The molecule has 0 aliphatic rings. The fraction of sp³-hybridized carbons (Fsp3) is 0.136. The lowest BCUT2D eigenvalue weighted by molar-refractivity contribution is 0.102. The van der Waals surface area contributed by atoms with E-state index in [1.165, 1.54) is 0 Å². The highest BCUT2D eigenvalue weighted by molar-refractivity contribution is 6.30. The zero-order valence-electron chi connectivity index (χ0n) is 15.6. The molecule has 3 rings (SSSR count). The van der Waals surface area contributed by atoms with Crippen molar-refractivity contribution >= 4 is 23.2 Å². The van der Waals surface area contributed by atoms with E-state index in [1.54, 1.807) is 68.8 Å². The minimum Gasteiger partial charge on any atom is -0.496 e. The number of anilines is 1. The number of hydrogen-bond acceptors (Lipinski definition) is 4. The number of hydrogen-bond donors (Lipinski definition) is 1. The van der Waals surface area contributed by atoms with E-state index in [-0.39, 0.29) is 12.5 Å². The molecule has 0 bridgehead atoms. The first-order chi connectivity index (χ1) is 13.6. The number of rotatable bonds is 7. The van der Waals surface area contributed by atoms with Crippen LogP contribution in [0.2, 0.25) is 5.02 Å². The molecule has 0 spiro atoms. The van der Waals surface area contributed by atoms with Crippen LogP contribution in [0.15, 0.2) is 66.7 Å². The molecule has 0 unspecified atom stereocenters. The van der Waals surface area contributed by atoms with Crippen molar-refractivity contribution in [1.82, 2.24) is 0 Å². The number of amides is 1. The van der Waals surface area contributed by atoms with Crippen LogP contribution in [0.3, 0.4) is 0 Å². The average Bonchev–Trinajstić information content (AvgIpc) is 2.73. The van der Waals surface area contributed by atoms with E-state index >= 15 is 0 Å². The summed E-state index contributed by atoms with van der Waals surface area (Å²) in [5.41, 5.74) is 1.84. The summed E-state index contributed by atoms with van der Waals surface area (Å²) in [7, 11) is 3.14. The van der Waals surface area contributed by atoms with Crippen molar-refractivity contribution in [3.05, 3.63) is 82.9 Å². The lowest BCUT2D eigenvalue weighted by atomic mass is 10.1. The molecule has 144 valence electrons. The van der Waals surface area contributed by atoms with Gasteiger partial charge in [0.2, 0.25) is 0 Å². The first-order valence-electron chi connectivity index (χ1n) is 8.60. The first kappa shape index (κ1) is 19.6. The molecule has 0 atom stereocenters. The molecule has 1 amide bonds. The molecule has 0 aromatic heterocycles. The second-order valence-electron chi connectivity index (χ2n) is 5.92. The highest BCUT2D eigenvalue weighted by Gasteiger charge is 2.13. The Kier molecular flexibility index (Phi) is 6.40. The third kappa shape index (κ3) is 4.75. The van der Waals surface area contributed by atoms with Gasteiger partial charge in [-0.05, 0) is 54.6 Å². The zero-order chi connectivity index (χ0) is 19.9. The molecule has 5 nitrogen and oxygen atoms in total. The van der Waals surface area contributed by atoms with Crippen LogP contribution in [0.4, 0.5) is 5.69 Å². The molecule has 6 heteroatoms. The molecule has 28 heavy (non-hydrogen) atoms. The summed E-state index contributed by atoms with van der Waals surface area (Å²) >= 11 is 5.89. The summed E-state index contributed by atoms with van der Waals surface area (Å²) in [4.78, 5) is 12.7. The van der Waals surface area contributed by atoms with Gasteiger partial charge >= 0.3 is 0 Å². The molecule has 3 aromatic carbocycles. The van der Waals surface area contributed by atoms with Gasteiger partial charge in [0.25, 0.3) is 5.91 Å². The Labute approximate surface area is 168 Å². The van der Waals surface area contributed by atoms with Gasteiger partial charge in [-0.25, -0.2) is 0 Å². The fourth-order valence-electron chi connectivity index (χ4n) is 2.67. The van der Waals surface area contributed by atoms with Crippen molar-refractivity contribution in [1.29, 1.82) is 0 Å². The SMILES string of the molecule is COc1ccc(C(=O)Nc2ccccc2OC)cc1COc1ccc(Cl)cc1. The molecule has 0 saturated heterocycles. The molecule has 3 aromatic rings. The third-order valence-corrected chi connectivity index (χ3v) is 4.36. The molecule has 0 aliphatic carbocycles. The smallest absolute Gasteiger partial charge is 0.255 e. The largest absolute Gasteiger partial charge is 0.496 e. The van der Waals surface area contributed by atoms with Crippen molar-refractivity contribution in [2.24, 2.45) is 0 Å². The molecule has 0 aliphatic heterocycles. The quantitative estimate of drug-likeness (QED) is 0.596. The maximum absolute atomic E-state index is 12.7. The van der Waals surface area contributed by atoms with E-state index in [2.05, 4.69) is 5.32 Å². The second-order valence-corrected chi connectivity index (χ2v) is 6.36. The molecular weight excluding hydrogens is 378 g/mol. The molecular formula is C22H20ClNO4. The van der Waals surface area contributed by atoms with Crippen LogP contribution in [0.1, 0.15) is 15.9 Å². The predicted molar refractivity (Wildman–Crippen MR) is 110 cm³/mol. The van der Waals surface area contributed by atoms with Crippen LogP contribution >= 0.6 is 11.6 Å². The van der Waals surface area contributed by atoms with E-state index in [9.17, 15) is 4.79 Å². The van der Waals surface area contributed by atoms with Gasteiger partial charge in [0.1, 0.15) is 23.9 Å². The van der Waals surface area contributed by atoms with Gasteiger partial charge in [-0.2, -0.15) is 0 Å². The van der Waals surface area contributed by atoms with Crippen molar-refractivity contribution in [2.75, 3.05) is 19.5 Å². The van der Waals surface area contributed by atoms with Crippen molar-refractivity contribution in [3.63, 3.8) is 0 Å². The van der Waals surface area contributed by atoms with E-state index in [1.807, 2.05) is 12.1 Å². The van der Waals surface area contributed by atoms with Crippen LogP contribution in [0.5, 0.6) is 17.2 Å². The van der Waals surface area contributed by atoms with Gasteiger partial charge in [0, 0.05) is 16.1 Å². The topological polar surface area (TPSA) is 56.8 Å². The van der Waals surface area contributed by atoms with E-state index in [0.29, 0.717) is 33.5 Å². The predicted octanol–water partition coefficient (Wildman–Crippen LogP) is 5.19. The summed E-state index contributed by atoms with van der Waals surface area (Å²) in [6, 6.07) is 19.5. The number of ether oxygens (including phenoxy) is 3. The van der Waals surface area contributed by atoms with Gasteiger partial charge in [0.05, 0.1) is 19.9 Å². The highest BCUT2D eigenvalue weighted by Crippen LogP contribution is 2.26. The lowest BCUT2D eigenvalue weighted by Crippen LogP contribution is -2.13. The Hall–Kier alpha value is -3.18. The normalized spacial score (nSPS) is 10.2. The van der Waals surface area contributed by atoms with Crippen LogP contribution < -0.4 is 19.5 Å². The summed E-state index contributed by atoms with van der Waals surface area (Å²) in [5.74, 6) is 1.66. The Morgan fingerprint density at radius 1 is 0.929 bits per heavy atom. The number of halogens is 1. The minimum absolute atomic E-state index is 0.250. The fourth-order valence-corrected chi connectivity index (χ4v) is 2.79. The molecule has 0 radical (unpaired) electrons. The number of carbonyl (C=O) groups is 1. The van der Waals surface area contributed by atoms with Crippen LogP contribution in [-0.2, 0) is 6.61 Å². The molecule has 1 N–H and O–H groups in total. The molecule has 0 heterocycles. The number of carbonyl (C=O) groups excluding carboxylic acids is 1. The van der Waals surface area contributed by atoms with Crippen molar-refractivity contribution in [2.45, 2.75) is 6.61 Å². The van der Waals surface area contributed by atoms with Crippen LogP contribution in [0, 0.1) is 0 Å². The zero-order valence-corrected chi connectivity index (χ0v) is 16.3. The number of nitrogens with one attached hydrogen (secondary N) is 1. The Morgan fingerprint density at radius 2 is 1.64 bits per heavy atom. The summed E-state index contributed by atoms with van der Waals surface area (Å²) < 4.78 is 16.5. The van der Waals surface area contributed by atoms with Gasteiger partial charge in [-0.1, -0.05) is 23.7 Å². The van der Waals surface area contributed by atoms with Gasteiger partial charge < -0.3 is 19.5 Å². The number of para-hydroxylation sites is 2. The number of methoxy groups -OCH3 is 2. The minimum atomic E-state index is -0.250. The van der Waals surface area contributed by atoms with Crippen LogP contribution in [-0.4, -0.2) is 20.1 Å². The monoisotopic (exact) mass is 397 g/mol. The molecule has 0 saturated carbocycles. The van der Waals surface area contributed by atoms with Gasteiger partial charge in [-0.3, -0.25) is 4.79 Å². The average molecular weight is 398 g/mol. The summed E-state index contributed by atoms with van der Waals surface area (Å²) in [6.45, 7) is 0.251. The molecule has 0 fully saturated rings. The Bertz CT molecular complexity index is 957.